The maximum Gasteiger partial charge on any atom is 0.305 e. The summed E-state index contributed by atoms with van der Waals surface area (Å²) in [5.41, 5.74) is 1.30. The van der Waals surface area contributed by atoms with Gasteiger partial charge < -0.3 is 20.1 Å². The number of hydrogen-bond acceptors (Lipinski definition) is 7. The summed E-state index contributed by atoms with van der Waals surface area (Å²) < 4.78 is 10.4. The summed E-state index contributed by atoms with van der Waals surface area (Å²) >= 11 is 0. The Kier molecular flexibility index (Phi) is 12.7. The number of rotatable bonds is 15. The Morgan fingerprint density at radius 3 is 2.49 bits per heavy atom. The number of ketones is 2. The normalized spacial score (nSPS) is 15.3. The van der Waals surface area contributed by atoms with Crippen molar-refractivity contribution in [3.05, 3.63) is 29.8 Å². The van der Waals surface area contributed by atoms with Crippen molar-refractivity contribution in [2.75, 3.05) is 31.7 Å². The molecule has 2 amide bonds. The molecule has 0 bridgehead atoms. The minimum atomic E-state index is -0.484. The van der Waals surface area contributed by atoms with Crippen LogP contribution in [-0.2, 0) is 39.9 Å². The first kappa shape index (κ1) is 28.2. The Morgan fingerprint density at radius 2 is 1.77 bits per heavy atom. The molecule has 1 aliphatic carbocycles. The van der Waals surface area contributed by atoms with Gasteiger partial charge in [-0.3, -0.25) is 24.0 Å². The second-order valence-corrected chi connectivity index (χ2v) is 8.62. The van der Waals surface area contributed by atoms with Gasteiger partial charge in [-0.1, -0.05) is 25.5 Å². The van der Waals surface area contributed by atoms with Crippen LogP contribution in [0.5, 0.6) is 0 Å². The van der Waals surface area contributed by atoms with Crippen LogP contribution in [0.4, 0.5) is 5.69 Å². The summed E-state index contributed by atoms with van der Waals surface area (Å²) in [4.78, 5) is 59.6. The van der Waals surface area contributed by atoms with Gasteiger partial charge in [0.15, 0.2) is 0 Å². The van der Waals surface area contributed by atoms with Crippen LogP contribution >= 0.6 is 0 Å². The van der Waals surface area contributed by atoms with Crippen molar-refractivity contribution in [2.24, 2.45) is 5.92 Å². The molecule has 0 saturated heterocycles. The molecule has 9 nitrogen and oxygen atoms in total. The molecule has 0 radical (unpaired) electrons. The molecular formula is C26H36N2O7. The summed E-state index contributed by atoms with van der Waals surface area (Å²) in [6, 6.07) is 6.83. The van der Waals surface area contributed by atoms with Crippen molar-refractivity contribution < 1.29 is 33.4 Å². The maximum absolute atomic E-state index is 12.4. The molecule has 192 valence electrons. The number of anilines is 1. The third-order valence-electron chi connectivity index (χ3n) is 5.60. The van der Waals surface area contributed by atoms with E-state index < -0.39 is 17.7 Å². The zero-order chi connectivity index (χ0) is 25.5. The highest BCUT2D eigenvalue weighted by molar-refractivity contribution is 6.04. The fourth-order valence-electron chi connectivity index (χ4n) is 3.76. The molecule has 2 rings (SSSR count). The Balaban J connectivity index is 1.58. The second kappa shape index (κ2) is 15.8. The first-order valence-corrected chi connectivity index (χ1v) is 12.3. The van der Waals surface area contributed by atoms with Crippen molar-refractivity contribution >= 4 is 35.0 Å². The van der Waals surface area contributed by atoms with Crippen molar-refractivity contribution in [1.29, 1.82) is 0 Å². The molecule has 0 spiro atoms. The standard InChI is InChI=1S/C26H36N2O7/c1-2-6-26(33)35-15-5-14-34-16-13-27-24(31)18-25(32)28-20-11-9-19(10-12-20)17-23(30)21-7-3-4-8-22(21)29/h9-12,21H,2-8,13-18H2,1H3,(H,27,31)(H,28,32). The highest BCUT2D eigenvalue weighted by atomic mass is 16.5. The smallest absolute Gasteiger partial charge is 0.305 e. The summed E-state index contributed by atoms with van der Waals surface area (Å²) in [5.74, 6) is -1.57. The highest BCUT2D eigenvalue weighted by Gasteiger charge is 2.28. The van der Waals surface area contributed by atoms with E-state index in [-0.39, 0.29) is 36.9 Å². The van der Waals surface area contributed by atoms with E-state index >= 15 is 0 Å². The Hall–Kier alpha value is -3.07. The molecule has 1 aliphatic rings. The fourth-order valence-corrected chi connectivity index (χ4v) is 3.76. The van der Waals surface area contributed by atoms with E-state index in [1.54, 1.807) is 24.3 Å². The van der Waals surface area contributed by atoms with Crippen LogP contribution in [0.2, 0.25) is 0 Å². The minimum absolute atomic E-state index is 0.0417. The van der Waals surface area contributed by atoms with E-state index in [0.717, 1.165) is 24.8 Å². The quantitative estimate of drug-likeness (QED) is 0.221. The van der Waals surface area contributed by atoms with Crippen LogP contribution in [0.15, 0.2) is 24.3 Å². The minimum Gasteiger partial charge on any atom is -0.466 e. The van der Waals surface area contributed by atoms with Gasteiger partial charge in [-0.2, -0.15) is 0 Å². The van der Waals surface area contributed by atoms with Gasteiger partial charge in [0, 0.05) is 44.5 Å². The molecule has 35 heavy (non-hydrogen) atoms. The van der Waals surface area contributed by atoms with Gasteiger partial charge in [0.25, 0.3) is 0 Å². The molecule has 0 aliphatic heterocycles. The summed E-state index contributed by atoms with van der Waals surface area (Å²) in [6.45, 7) is 3.20. The zero-order valence-corrected chi connectivity index (χ0v) is 20.4. The van der Waals surface area contributed by atoms with Gasteiger partial charge in [-0.05, 0) is 37.0 Å². The number of carbonyl (C=O) groups excluding carboxylic acids is 5. The van der Waals surface area contributed by atoms with Crippen LogP contribution in [0.25, 0.3) is 0 Å². The van der Waals surface area contributed by atoms with Gasteiger partial charge in [-0.15, -0.1) is 0 Å². The molecule has 0 aromatic heterocycles. The molecule has 1 aromatic rings. The summed E-state index contributed by atoms with van der Waals surface area (Å²) in [5, 5.41) is 5.27. The van der Waals surface area contributed by atoms with E-state index in [0.29, 0.717) is 51.2 Å². The molecule has 1 atom stereocenters. The first-order valence-electron chi connectivity index (χ1n) is 12.3. The van der Waals surface area contributed by atoms with E-state index in [4.69, 9.17) is 9.47 Å². The van der Waals surface area contributed by atoms with Crippen LogP contribution < -0.4 is 10.6 Å². The first-order chi connectivity index (χ1) is 16.9. The van der Waals surface area contributed by atoms with Crippen LogP contribution in [0.1, 0.15) is 63.9 Å². The molecule has 0 heterocycles. The number of ether oxygens (including phenoxy) is 2. The van der Waals surface area contributed by atoms with E-state index in [1.807, 2.05) is 6.92 Å². The molecule has 1 unspecified atom stereocenters. The molecule has 1 fully saturated rings. The second-order valence-electron chi connectivity index (χ2n) is 8.62. The fraction of sp³-hybridized carbons (Fsp3) is 0.577. The molecule has 1 saturated carbocycles. The average molecular weight is 489 g/mol. The van der Waals surface area contributed by atoms with Gasteiger partial charge in [0.2, 0.25) is 11.8 Å². The molecule has 2 N–H and O–H groups in total. The van der Waals surface area contributed by atoms with Crippen molar-refractivity contribution in [1.82, 2.24) is 5.32 Å². The third kappa shape index (κ3) is 11.3. The van der Waals surface area contributed by atoms with Crippen molar-refractivity contribution in [3.8, 4) is 0 Å². The largest absolute Gasteiger partial charge is 0.466 e. The number of hydrogen-bond donors (Lipinski definition) is 2. The number of Topliss-reactive ketones (excluding diaryl/α,β-unsaturated/α-hetero) is 2. The van der Waals surface area contributed by atoms with Crippen LogP contribution in [0, 0.1) is 5.92 Å². The Morgan fingerprint density at radius 1 is 1.00 bits per heavy atom. The Labute approximate surface area is 206 Å². The molecular weight excluding hydrogens is 452 g/mol. The van der Waals surface area contributed by atoms with Crippen LogP contribution in [-0.4, -0.2) is 55.7 Å². The topological polar surface area (TPSA) is 128 Å². The van der Waals surface area contributed by atoms with E-state index in [9.17, 15) is 24.0 Å². The number of amides is 2. The molecule has 9 heteroatoms. The zero-order valence-electron chi connectivity index (χ0n) is 20.4. The van der Waals surface area contributed by atoms with Gasteiger partial charge in [-0.25, -0.2) is 0 Å². The third-order valence-corrected chi connectivity index (χ3v) is 5.60. The lowest BCUT2D eigenvalue weighted by molar-refractivity contribution is -0.144. The van der Waals surface area contributed by atoms with Gasteiger partial charge in [0.05, 0.1) is 19.1 Å². The van der Waals surface area contributed by atoms with Crippen molar-refractivity contribution in [3.63, 3.8) is 0 Å². The summed E-state index contributed by atoms with van der Waals surface area (Å²) in [7, 11) is 0. The number of carbonyl (C=O) groups is 5. The van der Waals surface area contributed by atoms with E-state index in [1.165, 1.54) is 0 Å². The predicted octanol–water partition coefficient (Wildman–Crippen LogP) is 2.75. The Bertz CT molecular complexity index is 867. The number of benzene rings is 1. The predicted molar refractivity (Wildman–Crippen MR) is 130 cm³/mol. The molecule has 1 aromatic carbocycles. The average Bonchev–Trinajstić information content (AvgIpc) is 2.82. The number of nitrogens with one attached hydrogen (secondary N) is 2. The maximum atomic E-state index is 12.4. The monoisotopic (exact) mass is 488 g/mol. The van der Waals surface area contributed by atoms with E-state index in [2.05, 4.69) is 10.6 Å². The van der Waals surface area contributed by atoms with Crippen molar-refractivity contribution in [2.45, 2.75) is 64.7 Å². The van der Waals surface area contributed by atoms with Gasteiger partial charge >= 0.3 is 5.97 Å². The van der Waals surface area contributed by atoms with Gasteiger partial charge in [0.1, 0.15) is 18.0 Å². The lowest BCUT2D eigenvalue weighted by Crippen LogP contribution is -2.30. The SMILES string of the molecule is CCCC(=O)OCCCOCCNC(=O)CC(=O)Nc1ccc(CC(=O)C2CCCCC2=O)cc1. The number of esters is 1. The lowest BCUT2D eigenvalue weighted by atomic mass is 9.83. The van der Waals surface area contributed by atoms with Crippen LogP contribution in [0.3, 0.4) is 0 Å². The highest BCUT2D eigenvalue weighted by Crippen LogP contribution is 2.23. The summed E-state index contributed by atoms with van der Waals surface area (Å²) in [6.07, 6.45) is 4.51. The lowest BCUT2D eigenvalue weighted by Gasteiger charge is -2.19.